The maximum atomic E-state index is 13.1. The zero-order valence-electron chi connectivity index (χ0n) is 16.3. The van der Waals surface area contributed by atoms with Gasteiger partial charge in [-0.2, -0.15) is 0 Å². The van der Waals surface area contributed by atoms with Crippen LogP contribution in [0.25, 0.3) is 10.2 Å². The van der Waals surface area contributed by atoms with Crippen molar-refractivity contribution in [2.75, 3.05) is 37.8 Å². The fraction of sp³-hybridized carbons (Fsp3) is 0.300. The van der Waals surface area contributed by atoms with Crippen LogP contribution in [0.4, 0.5) is 9.52 Å². The summed E-state index contributed by atoms with van der Waals surface area (Å²) in [6.07, 6.45) is 0. The van der Waals surface area contributed by atoms with Crippen molar-refractivity contribution in [3.05, 3.63) is 52.8 Å². The minimum atomic E-state index is -0.285. The number of benzene rings is 2. The molecule has 0 aliphatic carbocycles. The van der Waals surface area contributed by atoms with Gasteiger partial charge in [-0.1, -0.05) is 22.9 Å². The summed E-state index contributed by atoms with van der Waals surface area (Å²) in [6, 6.07) is 9.92. The number of rotatable bonds is 7. The molecule has 0 saturated carbocycles. The van der Waals surface area contributed by atoms with Crippen LogP contribution in [-0.2, 0) is 4.79 Å². The normalized spacial score (nSPS) is 11.0. The number of aromatic nitrogens is 1. The second kappa shape index (κ2) is 10.6. The van der Waals surface area contributed by atoms with E-state index in [1.54, 1.807) is 17.0 Å². The number of carbonyl (C=O) groups is 1. The summed E-state index contributed by atoms with van der Waals surface area (Å²) in [5.74, 6) is -0.0554. The second-order valence-corrected chi connectivity index (χ2v) is 9.15. The van der Waals surface area contributed by atoms with Crippen molar-refractivity contribution in [2.45, 2.75) is 11.8 Å². The summed E-state index contributed by atoms with van der Waals surface area (Å²) in [4.78, 5) is 22.3. The minimum Gasteiger partial charge on any atom is -0.308 e. The van der Waals surface area contributed by atoms with Crippen LogP contribution >= 0.6 is 47.1 Å². The highest BCUT2D eigenvalue weighted by atomic mass is 35.5. The van der Waals surface area contributed by atoms with E-state index in [9.17, 15) is 9.18 Å². The maximum Gasteiger partial charge on any atom is 0.239 e. The fourth-order valence-electron chi connectivity index (χ4n) is 2.64. The summed E-state index contributed by atoms with van der Waals surface area (Å²) < 4.78 is 14.0. The first-order valence-corrected chi connectivity index (χ1v) is 10.9. The molecule has 1 aromatic heterocycles. The Hall–Kier alpha value is -1.38. The molecule has 0 aliphatic heterocycles. The number of amides is 1. The minimum absolute atomic E-state index is 0. The molecule has 0 atom stereocenters. The molecule has 0 bridgehead atoms. The highest BCUT2D eigenvalue weighted by molar-refractivity contribution is 8.00. The predicted molar refractivity (Wildman–Crippen MR) is 125 cm³/mol. The van der Waals surface area contributed by atoms with E-state index in [2.05, 4.69) is 0 Å². The Labute approximate surface area is 189 Å². The van der Waals surface area contributed by atoms with Gasteiger partial charge in [0.25, 0.3) is 0 Å². The molecule has 29 heavy (non-hydrogen) atoms. The van der Waals surface area contributed by atoms with Gasteiger partial charge in [0.05, 0.1) is 16.0 Å². The Morgan fingerprint density at radius 3 is 2.55 bits per heavy atom. The number of nitrogens with zero attached hydrogens (tertiary/aromatic N) is 3. The lowest BCUT2D eigenvalue weighted by Gasteiger charge is -2.21. The molecule has 0 N–H and O–H groups in total. The van der Waals surface area contributed by atoms with Crippen molar-refractivity contribution < 1.29 is 9.18 Å². The van der Waals surface area contributed by atoms with E-state index in [0.29, 0.717) is 16.7 Å². The zero-order chi connectivity index (χ0) is 20.3. The highest BCUT2D eigenvalue weighted by Gasteiger charge is 2.21. The predicted octanol–water partition coefficient (Wildman–Crippen LogP) is 5.51. The smallest absolute Gasteiger partial charge is 0.239 e. The molecule has 0 unspecified atom stereocenters. The van der Waals surface area contributed by atoms with Crippen LogP contribution < -0.4 is 4.90 Å². The molecule has 0 fully saturated rings. The third-order valence-corrected chi connectivity index (χ3v) is 6.36. The van der Waals surface area contributed by atoms with Gasteiger partial charge in [-0.15, -0.1) is 24.2 Å². The van der Waals surface area contributed by atoms with Gasteiger partial charge in [0.1, 0.15) is 5.82 Å². The van der Waals surface area contributed by atoms with E-state index in [1.807, 2.05) is 38.1 Å². The summed E-state index contributed by atoms with van der Waals surface area (Å²) in [5.41, 5.74) is 1.86. The van der Waals surface area contributed by atoms with Crippen molar-refractivity contribution in [2.24, 2.45) is 0 Å². The number of fused-ring (bicyclic) bond motifs is 1. The maximum absolute atomic E-state index is 13.1. The first kappa shape index (κ1) is 23.9. The van der Waals surface area contributed by atoms with Gasteiger partial charge in [-0.25, -0.2) is 9.37 Å². The van der Waals surface area contributed by atoms with Gasteiger partial charge in [0, 0.05) is 23.0 Å². The molecular weight excluding hydrogens is 452 g/mol. The number of anilines is 1. The third-order valence-electron chi connectivity index (χ3n) is 4.12. The van der Waals surface area contributed by atoms with Crippen LogP contribution in [0.2, 0.25) is 5.02 Å². The van der Waals surface area contributed by atoms with Crippen molar-refractivity contribution in [3.8, 4) is 0 Å². The van der Waals surface area contributed by atoms with E-state index >= 15 is 0 Å². The first-order chi connectivity index (χ1) is 13.3. The summed E-state index contributed by atoms with van der Waals surface area (Å²) in [5, 5.41) is 1.34. The Morgan fingerprint density at radius 1 is 1.21 bits per heavy atom. The molecular formula is C20H22Cl2FN3OS2. The SMILES string of the molecule is Cc1cc(Cl)cc2sc(N(CCN(C)C)C(=O)CSc3ccc(F)cc3)nc12.Cl. The summed E-state index contributed by atoms with van der Waals surface area (Å²) >= 11 is 9.03. The third kappa shape index (κ3) is 6.30. The van der Waals surface area contributed by atoms with E-state index in [-0.39, 0.29) is 29.9 Å². The monoisotopic (exact) mass is 473 g/mol. The lowest BCUT2D eigenvalue weighted by molar-refractivity contribution is -0.116. The first-order valence-electron chi connectivity index (χ1n) is 8.73. The van der Waals surface area contributed by atoms with Crippen LogP contribution in [0.5, 0.6) is 0 Å². The quantitative estimate of drug-likeness (QED) is 0.424. The number of hydrogen-bond donors (Lipinski definition) is 0. The number of carbonyl (C=O) groups excluding carboxylic acids is 1. The molecule has 0 radical (unpaired) electrons. The Balaban J connectivity index is 0.00000300. The van der Waals surface area contributed by atoms with E-state index < -0.39 is 0 Å². The van der Waals surface area contributed by atoms with E-state index in [1.165, 1.54) is 35.2 Å². The molecule has 3 aromatic rings. The molecule has 0 spiro atoms. The van der Waals surface area contributed by atoms with Gasteiger partial charge >= 0.3 is 0 Å². The average molecular weight is 474 g/mol. The van der Waals surface area contributed by atoms with Crippen molar-refractivity contribution in [3.63, 3.8) is 0 Å². The van der Waals surface area contributed by atoms with Crippen LogP contribution in [0, 0.1) is 12.7 Å². The molecule has 3 rings (SSSR count). The van der Waals surface area contributed by atoms with Gasteiger partial charge in [0.2, 0.25) is 5.91 Å². The van der Waals surface area contributed by atoms with E-state index in [0.717, 1.165) is 27.2 Å². The lowest BCUT2D eigenvalue weighted by atomic mass is 10.2. The number of likely N-dealkylation sites (N-methyl/N-ethyl adjacent to an activating group) is 1. The molecule has 9 heteroatoms. The number of hydrogen-bond acceptors (Lipinski definition) is 5. The Bertz CT molecular complexity index is 980. The Kier molecular flexibility index (Phi) is 8.73. The largest absolute Gasteiger partial charge is 0.308 e. The zero-order valence-corrected chi connectivity index (χ0v) is 19.5. The van der Waals surface area contributed by atoms with Gasteiger partial charge < -0.3 is 4.90 Å². The van der Waals surface area contributed by atoms with Crippen molar-refractivity contribution in [1.82, 2.24) is 9.88 Å². The number of thioether (sulfide) groups is 1. The van der Waals surface area contributed by atoms with Crippen molar-refractivity contribution in [1.29, 1.82) is 0 Å². The van der Waals surface area contributed by atoms with Gasteiger partial charge in [0.15, 0.2) is 5.13 Å². The number of thiazole rings is 1. The molecule has 0 aliphatic rings. The second-order valence-electron chi connectivity index (χ2n) is 6.66. The molecule has 4 nitrogen and oxygen atoms in total. The number of aryl methyl sites for hydroxylation is 1. The standard InChI is InChI=1S/C20H21ClFN3OS2.ClH/c1-13-10-14(21)11-17-19(13)23-20(28-17)25(9-8-24(2)3)18(26)12-27-16-6-4-15(22)5-7-16;/h4-7,10-11H,8-9,12H2,1-3H3;1H. The molecule has 1 amide bonds. The topological polar surface area (TPSA) is 36.4 Å². The molecule has 0 saturated heterocycles. The van der Waals surface area contributed by atoms with Crippen LogP contribution in [0.1, 0.15) is 5.56 Å². The van der Waals surface area contributed by atoms with Crippen LogP contribution in [0.15, 0.2) is 41.3 Å². The van der Waals surface area contributed by atoms with Crippen LogP contribution in [-0.4, -0.2) is 48.7 Å². The van der Waals surface area contributed by atoms with Gasteiger partial charge in [-0.05, 0) is 63.0 Å². The molecule has 2 aromatic carbocycles. The highest BCUT2D eigenvalue weighted by Crippen LogP contribution is 2.33. The summed E-state index contributed by atoms with van der Waals surface area (Å²) in [6.45, 7) is 3.24. The van der Waals surface area contributed by atoms with Gasteiger partial charge in [-0.3, -0.25) is 9.69 Å². The fourth-order valence-corrected chi connectivity index (χ4v) is 4.88. The molecule has 156 valence electrons. The van der Waals surface area contributed by atoms with E-state index in [4.69, 9.17) is 16.6 Å². The summed E-state index contributed by atoms with van der Waals surface area (Å²) in [7, 11) is 3.94. The molecule has 1 heterocycles. The number of halogens is 3. The average Bonchev–Trinajstić information content (AvgIpc) is 3.05. The Morgan fingerprint density at radius 2 is 1.90 bits per heavy atom. The van der Waals surface area contributed by atoms with Crippen molar-refractivity contribution >= 4 is 68.4 Å². The lowest BCUT2D eigenvalue weighted by Crippen LogP contribution is -2.37. The van der Waals surface area contributed by atoms with Crippen LogP contribution in [0.3, 0.4) is 0 Å².